The Morgan fingerprint density at radius 3 is 2.78 bits per heavy atom. The summed E-state index contributed by atoms with van der Waals surface area (Å²) in [4.78, 5) is 13.7. The predicted molar refractivity (Wildman–Crippen MR) is 70.5 cm³/mol. The molecule has 1 heterocycles. The summed E-state index contributed by atoms with van der Waals surface area (Å²) in [5.41, 5.74) is 0.733. The van der Waals surface area contributed by atoms with E-state index in [0.717, 1.165) is 45.0 Å². The van der Waals surface area contributed by atoms with Gasteiger partial charge in [0, 0.05) is 38.3 Å². The molecule has 0 aromatic rings. The number of hydrogen-bond donors (Lipinski definition) is 1. The summed E-state index contributed by atoms with van der Waals surface area (Å²) in [7, 11) is 1.41. The molecule has 0 aromatic carbocycles. The second-order valence-corrected chi connectivity index (χ2v) is 4.23. The highest BCUT2D eigenvalue weighted by Gasteiger charge is 2.09. The van der Waals surface area contributed by atoms with Gasteiger partial charge in [-0.25, -0.2) is 4.79 Å². The van der Waals surface area contributed by atoms with E-state index in [2.05, 4.69) is 10.2 Å². The summed E-state index contributed by atoms with van der Waals surface area (Å²) < 4.78 is 9.99. The number of nitrogens with zero attached hydrogens (tertiary/aromatic N) is 1. The molecule has 0 amide bonds. The van der Waals surface area contributed by atoms with Crippen molar-refractivity contribution in [3.05, 3.63) is 11.6 Å². The molecule has 0 atom stereocenters. The van der Waals surface area contributed by atoms with Gasteiger partial charge in [0.25, 0.3) is 0 Å². The van der Waals surface area contributed by atoms with Gasteiger partial charge in [0.05, 0.1) is 20.3 Å². The molecule has 18 heavy (non-hydrogen) atoms. The number of carbonyl (C=O) groups excluding carboxylic acids is 1. The molecule has 0 aromatic heterocycles. The minimum Gasteiger partial charge on any atom is -0.466 e. The highest BCUT2D eigenvalue weighted by molar-refractivity contribution is 5.88. The maximum Gasteiger partial charge on any atom is 0.333 e. The number of rotatable bonds is 7. The van der Waals surface area contributed by atoms with Crippen molar-refractivity contribution in [3.8, 4) is 0 Å². The zero-order chi connectivity index (χ0) is 13.2. The van der Waals surface area contributed by atoms with Crippen LogP contribution in [-0.4, -0.2) is 63.9 Å². The Morgan fingerprint density at radius 1 is 1.44 bits per heavy atom. The number of esters is 1. The van der Waals surface area contributed by atoms with E-state index in [0.29, 0.717) is 13.0 Å². The van der Waals surface area contributed by atoms with E-state index in [1.54, 1.807) is 0 Å². The van der Waals surface area contributed by atoms with Gasteiger partial charge in [-0.2, -0.15) is 0 Å². The average Bonchev–Trinajstić information content (AvgIpc) is 2.43. The van der Waals surface area contributed by atoms with E-state index in [1.807, 2.05) is 13.0 Å². The Balaban J connectivity index is 2.12. The maximum absolute atomic E-state index is 11.3. The second kappa shape index (κ2) is 9.08. The quantitative estimate of drug-likeness (QED) is 0.406. The van der Waals surface area contributed by atoms with Gasteiger partial charge < -0.3 is 14.8 Å². The van der Waals surface area contributed by atoms with Gasteiger partial charge in [-0.3, -0.25) is 4.90 Å². The lowest BCUT2D eigenvalue weighted by Crippen LogP contribution is -2.40. The normalized spacial score (nSPS) is 17.8. The van der Waals surface area contributed by atoms with Crippen molar-refractivity contribution in [1.29, 1.82) is 0 Å². The van der Waals surface area contributed by atoms with E-state index in [9.17, 15) is 4.79 Å². The average molecular weight is 256 g/mol. The first-order chi connectivity index (χ1) is 8.77. The van der Waals surface area contributed by atoms with Crippen molar-refractivity contribution < 1.29 is 14.3 Å². The predicted octanol–water partition coefficient (Wildman–Crippen LogP) is 0.418. The third-order valence-electron chi connectivity index (χ3n) is 3.03. The smallest absolute Gasteiger partial charge is 0.333 e. The van der Waals surface area contributed by atoms with Crippen LogP contribution in [0.15, 0.2) is 11.6 Å². The number of ether oxygens (including phenoxy) is 2. The number of nitrogens with one attached hydrogen (secondary N) is 1. The van der Waals surface area contributed by atoms with Crippen LogP contribution < -0.4 is 5.32 Å². The molecule has 0 saturated carbocycles. The van der Waals surface area contributed by atoms with E-state index >= 15 is 0 Å². The van der Waals surface area contributed by atoms with Crippen LogP contribution in [0.5, 0.6) is 0 Å². The molecule has 1 N–H and O–H groups in total. The van der Waals surface area contributed by atoms with Crippen molar-refractivity contribution >= 4 is 5.97 Å². The van der Waals surface area contributed by atoms with Gasteiger partial charge in [0.2, 0.25) is 0 Å². The van der Waals surface area contributed by atoms with Crippen LogP contribution in [0.4, 0.5) is 0 Å². The van der Waals surface area contributed by atoms with Crippen LogP contribution >= 0.6 is 0 Å². The fraction of sp³-hybridized carbons (Fsp3) is 0.769. The van der Waals surface area contributed by atoms with Gasteiger partial charge in [0.1, 0.15) is 0 Å². The fourth-order valence-electron chi connectivity index (χ4n) is 1.86. The molecule has 0 unspecified atom stereocenters. The Kier molecular flexibility index (Phi) is 7.64. The third kappa shape index (κ3) is 5.62. The molecule has 5 nitrogen and oxygen atoms in total. The largest absolute Gasteiger partial charge is 0.466 e. The maximum atomic E-state index is 11.3. The zero-order valence-corrected chi connectivity index (χ0v) is 11.4. The molecule has 1 saturated heterocycles. The number of carbonyl (C=O) groups is 1. The Hall–Kier alpha value is -0.910. The number of hydrogen-bond acceptors (Lipinski definition) is 5. The van der Waals surface area contributed by atoms with E-state index < -0.39 is 0 Å². The summed E-state index contributed by atoms with van der Waals surface area (Å²) in [6, 6.07) is 0. The highest BCUT2D eigenvalue weighted by Crippen LogP contribution is 2.01. The number of methoxy groups -OCH3 is 1. The van der Waals surface area contributed by atoms with Crippen LogP contribution in [-0.2, 0) is 14.3 Å². The standard InChI is InChI=1S/C13H24N2O3/c1-3-12(13(16)17-2)4-5-14-6-7-15-8-10-18-11-9-15/h4,14H,3,5-11H2,1-2H3. The topological polar surface area (TPSA) is 50.8 Å². The van der Waals surface area contributed by atoms with Gasteiger partial charge in [-0.1, -0.05) is 13.0 Å². The van der Waals surface area contributed by atoms with E-state index in [-0.39, 0.29) is 5.97 Å². The minimum atomic E-state index is -0.229. The summed E-state index contributed by atoms with van der Waals surface area (Å²) in [6.07, 6.45) is 2.61. The SMILES string of the molecule is CCC(=CCNCCN1CCOCC1)C(=O)OC. The van der Waals surface area contributed by atoms with Crippen LogP contribution in [0.2, 0.25) is 0 Å². The highest BCUT2D eigenvalue weighted by atomic mass is 16.5. The Morgan fingerprint density at radius 2 is 2.17 bits per heavy atom. The molecule has 5 heteroatoms. The van der Waals surface area contributed by atoms with Gasteiger partial charge in [-0.15, -0.1) is 0 Å². The lowest BCUT2D eigenvalue weighted by molar-refractivity contribution is -0.136. The first-order valence-electron chi connectivity index (χ1n) is 6.56. The number of morpholine rings is 1. The molecule has 1 aliphatic heterocycles. The van der Waals surface area contributed by atoms with Gasteiger partial charge in [-0.05, 0) is 6.42 Å². The summed E-state index contributed by atoms with van der Waals surface area (Å²) >= 11 is 0. The third-order valence-corrected chi connectivity index (χ3v) is 3.03. The minimum absolute atomic E-state index is 0.229. The fourth-order valence-corrected chi connectivity index (χ4v) is 1.86. The zero-order valence-electron chi connectivity index (χ0n) is 11.4. The summed E-state index contributed by atoms with van der Waals surface area (Å²) in [6.45, 7) is 8.31. The molecule has 1 fully saturated rings. The van der Waals surface area contributed by atoms with E-state index in [1.165, 1.54) is 7.11 Å². The summed E-state index contributed by atoms with van der Waals surface area (Å²) in [5, 5.41) is 3.31. The van der Waals surface area contributed by atoms with Crippen LogP contribution in [0.25, 0.3) is 0 Å². The van der Waals surface area contributed by atoms with E-state index in [4.69, 9.17) is 9.47 Å². The van der Waals surface area contributed by atoms with Crippen LogP contribution in [0, 0.1) is 0 Å². The Labute approximate surface area is 109 Å². The monoisotopic (exact) mass is 256 g/mol. The van der Waals surface area contributed by atoms with Crippen LogP contribution in [0.3, 0.4) is 0 Å². The first kappa shape index (κ1) is 15.1. The van der Waals surface area contributed by atoms with Crippen molar-refractivity contribution in [1.82, 2.24) is 10.2 Å². The molecular formula is C13H24N2O3. The lowest BCUT2D eigenvalue weighted by atomic mass is 10.2. The molecule has 104 valence electrons. The van der Waals surface area contributed by atoms with Crippen molar-refractivity contribution in [3.63, 3.8) is 0 Å². The molecule has 0 spiro atoms. The van der Waals surface area contributed by atoms with Crippen LogP contribution in [0.1, 0.15) is 13.3 Å². The molecular weight excluding hydrogens is 232 g/mol. The van der Waals surface area contributed by atoms with Crippen molar-refractivity contribution in [2.45, 2.75) is 13.3 Å². The lowest BCUT2D eigenvalue weighted by Gasteiger charge is -2.26. The molecule has 1 rings (SSSR count). The summed E-state index contributed by atoms with van der Waals surface area (Å²) in [5.74, 6) is -0.229. The van der Waals surface area contributed by atoms with Gasteiger partial charge >= 0.3 is 5.97 Å². The molecule has 0 bridgehead atoms. The second-order valence-electron chi connectivity index (χ2n) is 4.23. The molecule has 1 aliphatic rings. The molecule has 0 radical (unpaired) electrons. The van der Waals surface area contributed by atoms with Crippen molar-refractivity contribution in [2.24, 2.45) is 0 Å². The first-order valence-corrected chi connectivity index (χ1v) is 6.56. The molecule has 0 aliphatic carbocycles. The van der Waals surface area contributed by atoms with Crippen molar-refractivity contribution in [2.75, 3.05) is 53.0 Å². The van der Waals surface area contributed by atoms with Gasteiger partial charge in [0.15, 0.2) is 0 Å². The Bertz CT molecular complexity index is 273.